The minimum absolute atomic E-state index is 0. The molecule has 0 atom stereocenters. The maximum Gasteiger partial charge on any atom is 0.159 e. The van der Waals surface area contributed by atoms with Crippen LogP contribution in [-0.4, -0.2) is 15.9 Å². The summed E-state index contributed by atoms with van der Waals surface area (Å²) in [5, 5.41) is 11.8. The number of hydrogen-bond donors (Lipinski definition) is 1. The fraction of sp³-hybridized carbons (Fsp3) is 0.314. The number of allylic oxidation sites excluding steroid dienone is 2. The van der Waals surface area contributed by atoms with Gasteiger partial charge in [-0.3, -0.25) is 4.79 Å². The van der Waals surface area contributed by atoms with Crippen molar-refractivity contribution in [1.82, 2.24) is 4.98 Å². The number of hydrogen-bond acceptors (Lipinski definition) is 3. The number of ketones is 1. The SMILES string of the molecule is CC(C)CC(=O)/C=C(\O)CC(C)C.Cc1c[c-]c2c(c1)-c1cc(C)ccc1-c1cc(C)cc3ccnc-2c13.[Ir]. The number of carbonyl (C=O) groups is 1. The summed E-state index contributed by atoms with van der Waals surface area (Å²) < 4.78 is 0. The molecule has 0 aliphatic heterocycles. The summed E-state index contributed by atoms with van der Waals surface area (Å²) in [7, 11) is 0. The van der Waals surface area contributed by atoms with Gasteiger partial charge in [-0.05, 0) is 64.9 Å². The maximum atomic E-state index is 11.2. The van der Waals surface area contributed by atoms with E-state index in [-0.39, 0.29) is 31.6 Å². The van der Waals surface area contributed by atoms with E-state index >= 15 is 0 Å². The Labute approximate surface area is 246 Å². The molecular weight excluding hydrogens is 659 g/mol. The van der Waals surface area contributed by atoms with Crippen LogP contribution in [0.1, 0.15) is 57.2 Å². The van der Waals surface area contributed by atoms with Crippen LogP contribution in [0.25, 0.3) is 44.3 Å². The normalized spacial score (nSPS) is 11.8. The molecule has 1 aliphatic rings. The maximum absolute atomic E-state index is 11.2. The fourth-order valence-electron chi connectivity index (χ4n) is 5.12. The van der Waals surface area contributed by atoms with E-state index in [1.165, 1.54) is 55.8 Å². The van der Waals surface area contributed by atoms with Crippen LogP contribution in [0.2, 0.25) is 0 Å². The molecule has 0 saturated heterocycles. The zero-order valence-electron chi connectivity index (χ0n) is 24.0. The van der Waals surface area contributed by atoms with E-state index in [9.17, 15) is 9.90 Å². The van der Waals surface area contributed by atoms with E-state index in [1.54, 1.807) is 0 Å². The summed E-state index contributed by atoms with van der Waals surface area (Å²) in [6.07, 6.45) is 4.38. The molecular formula is C35H38IrNO2-. The smallest absolute Gasteiger partial charge is 0.159 e. The Morgan fingerprint density at radius 2 is 1.51 bits per heavy atom. The van der Waals surface area contributed by atoms with Crippen molar-refractivity contribution in [3.8, 4) is 33.5 Å². The summed E-state index contributed by atoms with van der Waals surface area (Å²) in [4.78, 5) is 16.0. The van der Waals surface area contributed by atoms with Crippen LogP contribution < -0.4 is 0 Å². The second-order valence-corrected chi connectivity index (χ2v) is 11.4. The van der Waals surface area contributed by atoms with E-state index < -0.39 is 0 Å². The van der Waals surface area contributed by atoms with Crippen LogP contribution in [0.4, 0.5) is 0 Å². The quantitative estimate of drug-likeness (QED) is 0.113. The molecule has 0 bridgehead atoms. The van der Waals surface area contributed by atoms with Crippen molar-refractivity contribution in [2.75, 3.05) is 0 Å². The Morgan fingerprint density at radius 3 is 2.21 bits per heavy atom. The Balaban J connectivity index is 0.000000260. The van der Waals surface area contributed by atoms with E-state index in [1.807, 2.05) is 33.9 Å². The fourth-order valence-corrected chi connectivity index (χ4v) is 5.12. The number of pyridine rings is 1. The van der Waals surface area contributed by atoms with Crippen molar-refractivity contribution in [3.05, 3.63) is 89.3 Å². The Morgan fingerprint density at radius 1 is 0.846 bits per heavy atom. The van der Waals surface area contributed by atoms with Gasteiger partial charge < -0.3 is 10.1 Å². The molecule has 3 aromatic carbocycles. The molecule has 4 heteroatoms. The van der Waals surface area contributed by atoms with Gasteiger partial charge in [-0.1, -0.05) is 81.6 Å². The van der Waals surface area contributed by atoms with Crippen LogP contribution in [0.5, 0.6) is 0 Å². The minimum atomic E-state index is 0. The first-order valence-electron chi connectivity index (χ1n) is 13.5. The number of aliphatic hydroxyl groups excluding tert-OH is 1. The molecule has 1 heterocycles. The van der Waals surface area contributed by atoms with E-state index in [0.29, 0.717) is 24.7 Å². The van der Waals surface area contributed by atoms with Crippen LogP contribution in [0, 0.1) is 38.7 Å². The third kappa shape index (κ3) is 7.12. The van der Waals surface area contributed by atoms with Gasteiger partial charge in [-0.2, -0.15) is 0 Å². The van der Waals surface area contributed by atoms with Gasteiger partial charge in [0, 0.05) is 45.2 Å². The molecule has 0 amide bonds. The monoisotopic (exact) mass is 697 g/mol. The molecule has 1 N–H and O–H groups in total. The number of carbonyl (C=O) groups excluding carboxylic acids is 1. The first-order chi connectivity index (χ1) is 18.0. The predicted molar refractivity (Wildman–Crippen MR) is 159 cm³/mol. The van der Waals surface area contributed by atoms with Crippen LogP contribution in [0.3, 0.4) is 0 Å². The zero-order valence-corrected chi connectivity index (χ0v) is 26.4. The van der Waals surface area contributed by atoms with Crippen molar-refractivity contribution in [1.29, 1.82) is 0 Å². The van der Waals surface area contributed by atoms with Crippen LogP contribution >= 0.6 is 0 Å². The first-order valence-corrected chi connectivity index (χ1v) is 13.5. The summed E-state index contributed by atoms with van der Waals surface area (Å²) in [6.45, 7) is 14.5. The number of benzene rings is 3. The summed E-state index contributed by atoms with van der Waals surface area (Å²) >= 11 is 0. The summed E-state index contributed by atoms with van der Waals surface area (Å²) in [5.41, 5.74) is 11.0. The topological polar surface area (TPSA) is 50.2 Å². The molecule has 5 rings (SSSR count). The molecule has 0 fully saturated rings. The van der Waals surface area contributed by atoms with Crippen molar-refractivity contribution in [3.63, 3.8) is 0 Å². The van der Waals surface area contributed by atoms with Gasteiger partial charge in [0.05, 0.1) is 5.76 Å². The third-order valence-electron chi connectivity index (χ3n) is 6.64. The van der Waals surface area contributed by atoms with Crippen molar-refractivity contribution in [2.45, 2.75) is 61.3 Å². The number of fused-ring (bicyclic) bond motifs is 5. The van der Waals surface area contributed by atoms with Crippen LogP contribution in [-0.2, 0) is 24.9 Å². The molecule has 205 valence electrons. The predicted octanol–water partition coefficient (Wildman–Crippen LogP) is 9.36. The first kappa shape index (κ1) is 30.5. The van der Waals surface area contributed by atoms with Gasteiger partial charge in [0.1, 0.15) is 0 Å². The Bertz CT molecular complexity index is 1530. The average molecular weight is 697 g/mol. The van der Waals surface area contributed by atoms with Gasteiger partial charge in [0.15, 0.2) is 5.78 Å². The second kappa shape index (κ2) is 12.9. The average Bonchev–Trinajstić information content (AvgIpc) is 2.92. The van der Waals surface area contributed by atoms with Gasteiger partial charge in [-0.25, -0.2) is 0 Å². The molecule has 3 nitrogen and oxygen atoms in total. The molecule has 0 saturated carbocycles. The molecule has 1 aliphatic carbocycles. The second-order valence-electron chi connectivity index (χ2n) is 11.4. The van der Waals surface area contributed by atoms with Gasteiger partial charge >= 0.3 is 0 Å². The number of aliphatic hydroxyl groups is 1. The molecule has 0 spiro atoms. The number of aryl methyl sites for hydroxylation is 3. The number of aromatic nitrogens is 1. The van der Waals surface area contributed by atoms with Crippen molar-refractivity contribution < 1.29 is 30.0 Å². The van der Waals surface area contributed by atoms with E-state index in [4.69, 9.17) is 4.98 Å². The zero-order chi connectivity index (χ0) is 27.6. The molecule has 39 heavy (non-hydrogen) atoms. The van der Waals surface area contributed by atoms with E-state index in [0.717, 1.165) is 11.3 Å². The number of rotatable bonds is 5. The van der Waals surface area contributed by atoms with Crippen molar-refractivity contribution in [2.24, 2.45) is 11.8 Å². The summed E-state index contributed by atoms with van der Waals surface area (Å²) in [6, 6.07) is 21.2. The molecule has 0 unspecified atom stereocenters. The largest absolute Gasteiger partial charge is 0.512 e. The Hall–Kier alpha value is -3.07. The van der Waals surface area contributed by atoms with E-state index in [2.05, 4.69) is 75.4 Å². The number of nitrogens with zero attached hydrogens (tertiary/aromatic N) is 1. The van der Waals surface area contributed by atoms with Gasteiger partial charge in [-0.15, -0.1) is 29.3 Å². The van der Waals surface area contributed by atoms with Gasteiger partial charge in [0.25, 0.3) is 0 Å². The van der Waals surface area contributed by atoms with Gasteiger partial charge in [0.2, 0.25) is 0 Å². The molecule has 1 radical (unpaired) electrons. The third-order valence-corrected chi connectivity index (χ3v) is 6.64. The molecule has 1 aromatic heterocycles. The van der Waals surface area contributed by atoms with Crippen LogP contribution in [0.15, 0.2) is 66.6 Å². The summed E-state index contributed by atoms with van der Waals surface area (Å²) in [5.74, 6) is 0.979. The molecule has 4 aromatic rings. The van der Waals surface area contributed by atoms with Crippen molar-refractivity contribution >= 4 is 16.6 Å². The minimum Gasteiger partial charge on any atom is -0.512 e. The Kier molecular flexibility index (Phi) is 10.0. The standard InChI is InChI=1S/C24H18N.C11H20O2.Ir/c1-14-4-6-18-20(11-14)21-12-15(2)5-7-19(21)24-23-17(8-9-25-24)10-16(3)13-22(18)23;1-8(2)5-10(12)7-11(13)6-9(3)4;/h4-6,8-13H,1-3H3;7-9,12H,5-6H2,1-4H3;/q-1;;/b;10-7-;.